The Balaban J connectivity index is 1.34. The molecule has 2 aliphatic rings. The first-order valence-corrected chi connectivity index (χ1v) is 13.0. The van der Waals surface area contributed by atoms with E-state index in [0.717, 1.165) is 38.0 Å². The Bertz CT molecular complexity index is 1290. The molecule has 1 aromatic heterocycles. The van der Waals surface area contributed by atoms with E-state index in [1.54, 1.807) is 38.2 Å². The number of aliphatic hydroxyl groups is 1. The van der Waals surface area contributed by atoms with Gasteiger partial charge in [-0.1, -0.05) is 0 Å². The van der Waals surface area contributed by atoms with Gasteiger partial charge in [0.1, 0.15) is 11.6 Å². The maximum Gasteiger partial charge on any atom is 0.262 e. The van der Waals surface area contributed by atoms with Gasteiger partial charge in [0.2, 0.25) is 0 Å². The fourth-order valence-electron chi connectivity index (χ4n) is 5.75. The number of anilines is 1. The average molecular weight is 494 g/mol. The van der Waals surface area contributed by atoms with E-state index in [-0.39, 0.29) is 17.5 Å². The lowest BCUT2D eigenvalue weighted by molar-refractivity contribution is 0.0324. The summed E-state index contributed by atoms with van der Waals surface area (Å²) in [6.45, 7) is 9.42. The summed E-state index contributed by atoms with van der Waals surface area (Å²) in [5.41, 5.74) is 0.0963. The van der Waals surface area contributed by atoms with Crippen molar-refractivity contribution >= 4 is 16.5 Å². The first-order valence-electron chi connectivity index (χ1n) is 13.0. The van der Waals surface area contributed by atoms with Crippen LogP contribution in [0.2, 0.25) is 0 Å². The lowest BCUT2D eigenvalue weighted by Crippen LogP contribution is -2.35. The van der Waals surface area contributed by atoms with E-state index in [9.17, 15) is 9.90 Å². The Morgan fingerprint density at radius 3 is 2.61 bits per heavy atom. The lowest BCUT2D eigenvalue weighted by atomic mass is 10.0. The van der Waals surface area contributed by atoms with E-state index < -0.39 is 5.60 Å². The highest BCUT2D eigenvalue weighted by atomic mass is 19.1. The molecule has 0 unspecified atom stereocenters. The normalized spacial score (nSPS) is 19.8. The molecule has 0 spiro atoms. The topological polar surface area (TPSA) is 57.9 Å². The van der Waals surface area contributed by atoms with Crippen LogP contribution >= 0.6 is 0 Å². The SMILES string of the molecule is C[C@H](CC(C)(C)O)Oc1ccc2c(=O)n(-c3ccc(N4CC[C@@H](N5CCCC5)C4)c(F)c3)ccc2c1. The predicted octanol–water partition coefficient (Wildman–Crippen LogP) is 4.73. The Morgan fingerprint density at radius 1 is 1.11 bits per heavy atom. The molecule has 1 N–H and O–H groups in total. The van der Waals surface area contributed by atoms with E-state index in [1.807, 2.05) is 25.1 Å². The van der Waals surface area contributed by atoms with Crippen LogP contribution in [-0.4, -0.2) is 58.5 Å². The summed E-state index contributed by atoms with van der Waals surface area (Å²) >= 11 is 0. The second kappa shape index (κ2) is 9.87. The van der Waals surface area contributed by atoms with Crippen LogP contribution in [0.25, 0.3) is 16.5 Å². The minimum Gasteiger partial charge on any atom is -0.491 e. The van der Waals surface area contributed by atoms with Gasteiger partial charge in [-0.3, -0.25) is 14.3 Å². The zero-order chi connectivity index (χ0) is 25.4. The van der Waals surface area contributed by atoms with Crippen molar-refractivity contribution in [3.8, 4) is 11.4 Å². The quantitative estimate of drug-likeness (QED) is 0.516. The van der Waals surface area contributed by atoms with Gasteiger partial charge in [0.25, 0.3) is 5.56 Å². The molecule has 192 valence electrons. The van der Waals surface area contributed by atoms with Crippen molar-refractivity contribution in [3.05, 3.63) is 64.8 Å². The van der Waals surface area contributed by atoms with Crippen molar-refractivity contribution in [2.45, 2.75) is 64.2 Å². The fraction of sp³-hybridized carbons (Fsp3) is 0.483. The first kappa shape index (κ1) is 24.8. The van der Waals surface area contributed by atoms with Crippen molar-refractivity contribution in [1.82, 2.24) is 9.47 Å². The lowest BCUT2D eigenvalue weighted by Gasteiger charge is -2.25. The van der Waals surface area contributed by atoms with Crippen molar-refractivity contribution in [3.63, 3.8) is 0 Å². The van der Waals surface area contributed by atoms with Gasteiger partial charge in [-0.05, 0) is 94.9 Å². The molecule has 3 aromatic rings. The number of aromatic nitrogens is 1. The fourth-order valence-corrected chi connectivity index (χ4v) is 5.75. The Kier molecular flexibility index (Phi) is 6.79. The molecular formula is C29H36FN3O3. The summed E-state index contributed by atoms with van der Waals surface area (Å²) in [4.78, 5) is 17.9. The Labute approximate surface area is 211 Å². The highest BCUT2D eigenvalue weighted by Crippen LogP contribution is 2.29. The van der Waals surface area contributed by atoms with Gasteiger partial charge in [-0.15, -0.1) is 0 Å². The summed E-state index contributed by atoms with van der Waals surface area (Å²) in [5.74, 6) is 0.343. The molecule has 2 atom stereocenters. The summed E-state index contributed by atoms with van der Waals surface area (Å²) in [6.07, 6.45) is 5.58. The van der Waals surface area contributed by atoms with Crippen LogP contribution < -0.4 is 15.2 Å². The molecule has 2 aliphatic heterocycles. The number of ether oxygens (including phenoxy) is 1. The third-order valence-corrected chi connectivity index (χ3v) is 7.37. The molecule has 0 saturated carbocycles. The van der Waals surface area contributed by atoms with Crippen LogP contribution in [0.5, 0.6) is 5.75 Å². The van der Waals surface area contributed by atoms with Crippen LogP contribution in [0.1, 0.15) is 46.5 Å². The number of halogens is 1. The summed E-state index contributed by atoms with van der Waals surface area (Å²) in [7, 11) is 0. The van der Waals surface area contributed by atoms with Crippen LogP contribution in [0, 0.1) is 5.82 Å². The monoisotopic (exact) mass is 493 g/mol. The van der Waals surface area contributed by atoms with Crippen molar-refractivity contribution in [1.29, 1.82) is 0 Å². The second-order valence-corrected chi connectivity index (χ2v) is 11.0. The number of rotatable bonds is 7. The number of pyridine rings is 1. The number of hydrogen-bond acceptors (Lipinski definition) is 5. The molecule has 0 aliphatic carbocycles. The predicted molar refractivity (Wildman–Crippen MR) is 142 cm³/mol. The van der Waals surface area contributed by atoms with Crippen molar-refractivity contribution in [2.24, 2.45) is 0 Å². The molecule has 2 aromatic carbocycles. The maximum absolute atomic E-state index is 15.2. The highest BCUT2D eigenvalue weighted by Gasteiger charge is 2.30. The standard InChI is InChI=1S/C29H36FN3O3/c1-20(18-29(2,3)35)36-24-7-8-25-21(16-24)10-15-33(28(25)34)22-6-9-27(26(30)17-22)32-14-11-23(19-32)31-12-4-5-13-31/h6-10,15-17,20,23,35H,4-5,11-14,18-19H2,1-3H3/t20-,23-/m1/s1. The zero-order valence-electron chi connectivity index (χ0n) is 21.4. The molecule has 7 heteroatoms. The van der Waals surface area contributed by atoms with Gasteiger partial charge < -0.3 is 14.7 Å². The summed E-state index contributed by atoms with van der Waals surface area (Å²) < 4.78 is 22.7. The van der Waals surface area contributed by atoms with E-state index >= 15 is 4.39 Å². The number of likely N-dealkylation sites (tertiary alicyclic amines) is 1. The van der Waals surface area contributed by atoms with Gasteiger partial charge in [-0.25, -0.2) is 4.39 Å². The third kappa shape index (κ3) is 5.27. The average Bonchev–Trinajstić information content (AvgIpc) is 3.50. The highest BCUT2D eigenvalue weighted by molar-refractivity contribution is 5.83. The largest absolute Gasteiger partial charge is 0.491 e. The third-order valence-electron chi connectivity index (χ3n) is 7.37. The van der Waals surface area contributed by atoms with Crippen LogP contribution in [0.3, 0.4) is 0 Å². The molecular weight excluding hydrogens is 457 g/mol. The minimum atomic E-state index is -0.820. The van der Waals surface area contributed by atoms with E-state index in [2.05, 4.69) is 9.80 Å². The maximum atomic E-state index is 15.2. The molecule has 0 bridgehead atoms. The first-order chi connectivity index (χ1) is 17.2. The molecule has 2 fully saturated rings. The molecule has 2 saturated heterocycles. The van der Waals surface area contributed by atoms with Gasteiger partial charge in [0.05, 0.1) is 23.1 Å². The van der Waals surface area contributed by atoms with Gasteiger partial charge in [-0.2, -0.15) is 0 Å². The van der Waals surface area contributed by atoms with E-state index in [1.165, 1.54) is 23.5 Å². The van der Waals surface area contributed by atoms with E-state index in [4.69, 9.17) is 4.74 Å². The molecule has 3 heterocycles. The number of benzene rings is 2. The Morgan fingerprint density at radius 2 is 1.89 bits per heavy atom. The smallest absolute Gasteiger partial charge is 0.262 e. The Hall–Kier alpha value is -2.90. The summed E-state index contributed by atoms with van der Waals surface area (Å²) in [5, 5.41) is 11.3. The minimum absolute atomic E-state index is 0.175. The van der Waals surface area contributed by atoms with Gasteiger partial charge in [0, 0.05) is 43.2 Å². The van der Waals surface area contributed by atoms with Crippen molar-refractivity contribution in [2.75, 3.05) is 31.1 Å². The van der Waals surface area contributed by atoms with Crippen LogP contribution in [-0.2, 0) is 0 Å². The number of fused-ring (bicyclic) bond motifs is 1. The summed E-state index contributed by atoms with van der Waals surface area (Å²) in [6, 6.07) is 12.8. The second-order valence-electron chi connectivity index (χ2n) is 11.0. The van der Waals surface area contributed by atoms with Gasteiger partial charge >= 0.3 is 0 Å². The van der Waals surface area contributed by atoms with Crippen molar-refractivity contribution < 1.29 is 14.2 Å². The molecule has 0 radical (unpaired) electrons. The molecule has 36 heavy (non-hydrogen) atoms. The van der Waals surface area contributed by atoms with E-state index in [0.29, 0.717) is 35.0 Å². The molecule has 5 rings (SSSR count). The van der Waals surface area contributed by atoms with Crippen LogP contribution in [0.4, 0.5) is 10.1 Å². The number of nitrogens with zero attached hydrogens (tertiary/aromatic N) is 3. The molecule has 0 amide bonds. The zero-order valence-corrected chi connectivity index (χ0v) is 21.4. The van der Waals surface area contributed by atoms with Gasteiger partial charge in [0.15, 0.2) is 0 Å². The number of hydrogen-bond donors (Lipinski definition) is 1. The van der Waals surface area contributed by atoms with Crippen LogP contribution in [0.15, 0.2) is 53.5 Å². The molecule has 6 nitrogen and oxygen atoms in total.